The summed E-state index contributed by atoms with van der Waals surface area (Å²) in [6, 6.07) is 18.0. The molecule has 1 aliphatic carbocycles. The molecule has 1 saturated carbocycles. The average Bonchev–Trinajstić information content (AvgIpc) is 2.79. The maximum Gasteiger partial charge on any atom is 0.0717 e. The van der Waals surface area contributed by atoms with Gasteiger partial charge in [-0.1, -0.05) is 73.3 Å². The number of benzene rings is 2. The first-order chi connectivity index (χ1) is 14.3. The van der Waals surface area contributed by atoms with Crippen LogP contribution in [0.25, 0.3) is 6.08 Å². The Bertz CT molecular complexity index is 746. The van der Waals surface area contributed by atoms with Crippen LogP contribution in [0.2, 0.25) is 0 Å². The molecule has 0 bridgehead atoms. The molecule has 1 nitrogen and oxygen atoms in total. The van der Waals surface area contributed by atoms with E-state index in [1.54, 1.807) is 0 Å². The first-order valence-corrected chi connectivity index (χ1v) is 11.3. The van der Waals surface area contributed by atoms with Crippen LogP contribution in [-0.2, 0) is 17.8 Å². The van der Waals surface area contributed by atoms with Gasteiger partial charge in [-0.25, -0.2) is 0 Å². The van der Waals surface area contributed by atoms with E-state index in [2.05, 4.69) is 67.3 Å². The molecule has 29 heavy (non-hydrogen) atoms. The molecule has 0 amide bonds. The van der Waals surface area contributed by atoms with Crippen LogP contribution in [0.5, 0.6) is 0 Å². The van der Waals surface area contributed by atoms with Crippen LogP contribution in [0.3, 0.4) is 0 Å². The lowest BCUT2D eigenvalue weighted by atomic mass is 9.77. The Balaban J connectivity index is 1.38. The lowest BCUT2D eigenvalue weighted by Gasteiger charge is -2.29. The Hall–Kier alpha value is -2.12. The number of hydrogen-bond acceptors (Lipinski definition) is 1. The van der Waals surface area contributed by atoms with E-state index < -0.39 is 0 Å². The van der Waals surface area contributed by atoms with Gasteiger partial charge in [-0.05, 0) is 86.0 Å². The molecule has 2 aromatic rings. The molecule has 0 unspecified atom stereocenters. The second kappa shape index (κ2) is 11.8. The van der Waals surface area contributed by atoms with Gasteiger partial charge in [0.2, 0.25) is 0 Å². The van der Waals surface area contributed by atoms with E-state index in [-0.39, 0.29) is 0 Å². The standard InChI is InChI=1S/C28H36O/c1-3-5-6-21-29-22-26-15-19-28(20-16-26)27-17-13-25(14-18-27)12-11-24-9-7-23(4-2)8-10-24/h3-5,7-10,15-16,19-20,25,27H,2,6,11-14,17-18,21-22H2,1H3/b5-3+. The predicted molar refractivity (Wildman–Crippen MR) is 125 cm³/mol. The van der Waals surface area contributed by atoms with Crippen LogP contribution >= 0.6 is 0 Å². The molecule has 2 aromatic carbocycles. The first-order valence-electron chi connectivity index (χ1n) is 11.3. The zero-order chi connectivity index (χ0) is 20.3. The molecule has 0 N–H and O–H groups in total. The predicted octanol–water partition coefficient (Wildman–Crippen LogP) is 7.72. The van der Waals surface area contributed by atoms with Gasteiger partial charge in [0.15, 0.2) is 0 Å². The first kappa shape index (κ1) is 21.6. The van der Waals surface area contributed by atoms with E-state index in [1.807, 2.05) is 13.0 Å². The summed E-state index contributed by atoms with van der Waals surface area (Å²) in [5.41, 5.74) is 5.47. The van der Waals surface area contributed by atoms with Gasteiger partial charge in [0.05, 0.1) is 13.2 Å². The fraction of sp³-hybridized carbons (Fsp3) is 0.429. The molecule has 1 fully saturated rings. The molecule has 3 rings (SSSR count). The highest BCUT2D eigenvalue weighted by atomic mass is 16.5. The van der Waals surface area contributed by atoms with Crippen LogP contribution in [0.15, 0.2) is 67.3 Å². The zero-order valence-corrected chi connectivity index (χ0v) is 18.0. The normalized spacial score (nSPS) is 19.5. The summed E-state index contributed by atoms with van der Waals surface area (Å²) >= 11 is 0. The Morgan fingerprint density at radius 3 is 2.28 bits per heavy atom. The average molecular weight is 389 g/mol. The quantitative estimate of drug-likeness (QED) is 0.299. The second-order valence-corrected chi connectivity index (χ2v) is 8.35. The molecule has 1 aliphatic rings. The van der Waals surface area contributed by atoms with E-state index in [1.165, 1.54) is 60.8 Å². The van der Waals surface area contributed by atoms with E-state index in [9.17, 15) is 0 Å². The maximum absolute atomic E-state index is 5.74. The zero-order valence-electron chi connectivity index (χ0n) is 18.0. The van der Waals surface area contributed by atoms with Crippen molar-refractivity contribution in [3.05, 3.63) is 89.5 Å². The molecule has 0 heterocycles. The van der Waals surface area contributed by atoms with E-state index >= 15 is 0 Å². The van der Waals surface area contributed by atoms with Gasteiger partial charge in [-0.2, -0.15) is 0 Å². The van der Waals surface area contributed by atoms with Gasteiger partial charge in [0.25, 0.3) is 0 Å². The third-order valence-electron chi connectivity index (χ3n) is 6.29. The number of aryl methyl sites for hydroxylation is 1. The van der Waals surface area contributed by atoms with E-state index in [0.29, 0.717) is 0 Å². The van der Waals surface area contributed by atoms with Gasteiger partial charge >= 0.3 is 0 Å². The Morgan fingerprint density at radius 2 is 1.62 bits per heavy atom. The summed E-state index contributed by atoms with van der Waals surface area (Å²) in [6.07, 6.45) is 15.1. The largest absolute Gasteiger partial charge is 0.376 e. The van der Waals surface area contributed by atoms with E-state index in [0.717, 1.165) is 31.5 Å². The molecule has 1 heteroatoms. The van der Waals surface area contributed by atoms with Crippen molar-refractivity contribution in [2.24, 2.45) is 5.92 Å². The molecular formula is C28H36O. The van der Waals surface area contributed by atoms with Crippen molar-refractivity contribution in [1.82, 2.24) is 0 Å². The third-order valence-corrected chi connectivity index (χ3v) is 6.29. The number of allylic oxidation sites excluding steroid dienone is 1. The number of rotatable bonds is 10. The molecule has 0 atom stereocenters. The summed E-state index contributed by atoms with van der Waals surface area (Å²) in [7, 11) is 0. The van der Waals surface area contributed by atoms with Crippen LogP contribution < -0.4 is 0 Å². The maximum atomic E-state index is 5.74. The third kappa shape index (κ3) is 7.01. The molecule has 0 aromatic heterocycles. The van der Waals surface area contributed by atoms with Crippen molar-refractivity contribution in [3.63, 3.8) is 0 Å². The number of hydrogen-bond donors (Lipinski definition) is 0. The molecule has 0 aliphatic heterocycles. The van der Waals surface area contributed by atoms with Gasteiger partial charge in [0.1, 0.15) is 0 Å². The van der Waals surface area contributed by atoms with Crippen molar-refractivity contribution in [2.45, 2.75) is 64.4 Å². The minimum absolute atomic E-state index is 0.721. The summed E-state index contributed by atoms with van der Waals surface area (Å²) in [5, 5.41) is 0. The van der Waals surface area contributed by atoms with Crippen LogP contribution in [0.1, 0.15) is 73.6 Å². The lowest BCUT2D eigenvalue weighted by Crippen LogP contribution is -2.14. The monoisotopic (exact) mass is 388 g/mol. The topological polar surface area (TPSA) is 9.23 Å². The molecule has 154 valence electrons. The molecule has 0 spiro atoms. The Labute approximate surface area is 177 Å². The van der Waals surface area contributed by atoms with Gasteiger partial charge < -0.3 is 4.74 Å². The van der Waals surface area contributed by atoms with Gasteiger partial charge in [-0.3, -0.25) is 0 Å². The Kier molecular flexibility index (Phi) is 8.77. The fourth-order valence-corrected chi connectivity index (χ4v) is 4.37. The highest BCUT2D eigenvalue weighted by Gasteiger charge is 2.22. The van der Waals surface area contributed by atoms with Crippen molar-refractivity contribution in [3.8, 4) is 0 Å². The smallest absolute Gasteiger partial charge is 0.0717 e. The van der Waals surface area contributed by atoms with Crippen molar-refractivity contribution < 1.29 is 4.74 Å². The van der Waals surface area contributed by atoms with Crippen LogP contribution in [-0.4, -0.2) is 6.61 Å². The highest BCUT2D eigenvalue weighted by Crippen LogP contribution is 2.37. The van der Waals surface area contributed by atoms with Crippen molar-refractivity contribution >= 4 is 6.08 Å². The highest BCUT2D eigenvalue weighted by molar-refractivity contribution is 5.47. The minimum atomic E-state index is 0.721. The second-order valence-electron chi connectivity index (χ2n) is 8.35. The van der Waals surface area contributed by atoms with Crippen LogP contribution in [0.4, 0.5) is 0 Å². The SMILES string of the molecule is C=Cc1ccc(CCC2CCC(c3ccc(COCC/C=C/C)cc3)CC2)cc1. The minimum Gasteiger partial charge on any atom is -0.376 e. The van der Waals surface area contributed by atoms with Crippen molar-refractivity contribution in [2.75, 3.05) is 6.61 Å². The summed E-state index contributed by atoms with van der Waals surface area (Å²) < 4.78 is 5.74. The molecule has 0 saturated heterocycles. The fourth-order valence-electron chi connectivity index (χ4n) is 4.37. The summed E-state index contributed by atoms with van der Waals surface area (Å²) in [6.45, 7) is 7.40. The summed E-state index contributed by atoms with van der Waals surface area (Å²) in [5.74, 6) is 1.62. The lowest BCUT2D eigenvalue weighted by molar-refractivity contribution is 0.125. The molecular weight excluding hydrogens is 352 g/mol. The van der Waals surface area contributed by atoms with Crippen LogP contribution in [0, 0.1) is 5.92 Å². The Morgan fingerprint density at radius 1 is 0.931 bits per heavy atom. The van der Waals surface area contributed by atoms with Gasteiger partial charge in [-0.15, -0.1) is 0 Å². The van der Waals surface area contributed by atoms with Gasteiger partial charge in [0, 0.05) is 0 Å². The van der Waals surface area contributed by atoms with E-state index in [4.69, 9.17) is 4.74 Å². The number of ether oxygens (including phenoxy) is 1. The van der Waals surface area contributed by atoms with Crippen molar-refractivity contribution in [1.29, 1.82) is 0 Å². The molecule has 0 radical (unpaired) electrons. The summed E-state index contributed by atoms with van der Waals surface area (Å²) in [4.78, 5) is 0.